The lowest BCUT2D eigenvalue weighted by Crippen LogP contribution is -2.49. The van der Waals surface area contributed by atoms with E-state index >= 15 is 0 Å². The van der Waals surface area contributed by atoms with Gasteiger partial charge >= 0.3 is 12.2 Å². The molecule has 1 saturated heterocycles. The Bertz CT molecular complexity index is 1940. The van der Waals surface area contributed by atoms with Gasteiger partial charge in [0.2, 0.25) is 5.88 Å². The highest BCUT2D eigenvalue weighted by Gasteiger charge is 2.27. The molecule has 56 heavy (non-hydrogen) atoms. The molecule has 1 aliphatic carbocycles. The predicted molar refractivity (Wildman–Crippen MR) is 212 cm³/mol. The van der Waals surface area contributed by atoms with Crippen LogP contribution < -0.4 is 15.4 Å². The second-order valence-electron chi connectivity index (χ2n) is 15.5. The topological polar surface area (TPSA) is 122 Å². The van der Waals surface area contributed by atoms with Gasteiger partial charge in [0.05, 0.1) is 6.20 Å². The molecule has 0 radical (unpaired) electrons. The summed E-state index contributed by atoms with van der Waals surface area (Å²) in [6.07, 6.45) is 4.86. The maximum Gasteiger partial charge on any atom is 0.410 e. The van der Waals surface area contributed by atoms with Gasteiger partial charge in [-0.3, -0.25) is 9.69 Å². The van der Waals surface area contributed by atoms with Gasteiger partial charge in [-0.15, -0.1) is 0 Å². The number of amides is 3. The van der Waals surface area contributed by atoms with E-state index in [0.717, 1.165) is 61.4 Å². The lowest BCUT2D eigenvalue weighted by atomic mass is 9.91. The van der Waals surface area contributed by atoms with Crippen LogP contribution in [0, 0.1) is 5.82 Å². The first-order chi connectivity index (χ1) is 27.0. The van der Waals surface area contributed by atoms with Crippen molar-refractivity contribution >= 4 is 18.1 Å². The summed E-state index contributed by atoms with van der Waals surface area (Å²) in [6.45, 7) is 9.61. The molecule has 12 heteroatoms. The number of hydrogen-bond donors (Lipinski definition) is 2. The lowest BCUT2D eigenvalue weighted by Gasteiger charge is -2.34. The third-order valence-electron chi connectivity index (χ3n) is 9.93. The molecule has 2 aliphatic rings. The van der Waals surface area contributed by atoms with Crippen LogP contribution in [0.5, 0.6) is 11.6 Å². The Labute approximate surface area is 328 Å². The molecule has 4 aromatic rings. The molecule has 296 valence electrons. The zero-order valence-corrected chi connectivity index (χ0v) is 32.5. The minimum absolute atomic E-state index is 0.0100. The number of hydrogen-bond acceptors (Lipinski definition) is 8. The van der Waals surface area contributed by atoms with Crippen LogP contribution in [0.15, 0.2) is 91.1 Å². The summed E-state index contributed by atoms with van der Waals surface area (Å²) in [5.41, 5.74) is 3.58. The Morgan fingerprint density at radius 2 is 1.46 bits per heavy atom. The summed E-state index contributed by atoms with van der Waals surface area (Å²) >= 11 is 0. The summed E-state index contributed by atoms with van der Waals surface area (Å²) in [5, 5.41) is 5.91. The monoisotopic (exact) mass is 765 g/mol. The minimum Gasteiger partial charge on any atom is -0.445 e. The van der Waals surface area contributed by atoms with E-state index in [1.807, 2.05) is 81.4 Å². The smallest absolute Gasteiger partial charge is 0.410 e. The van der Waals surface area contributed by atoms with Gasteiger partial charge in [0.25, 0.3) is 5.91 Å². The molecule has 2 fully saturated rings. The molecule has 0 bridgehead atoms. The normalized spacial score (nSPS) is 17.5. The third kappa shape index (κ3) is 12.0. The number of aryl methyl sites for hydroxylation is 1. The second-order valence-corrected chi connectivity index (χ2v) is 15.5. The number of nitrogens with one attached hydrogen (secondary N) is 2. The van der Waals surface area contributed by atoms with E-state index in [9.17, 15) is 18.8 Å². The summed E-state index contributed by atoms with van der Waals surface area (Å²) in [6, 6.07) is 26.6. The molecule has 11 nitrogen and oxygen atoms in total. The molecule has 3 amide bonds. The van der Waals surface area contributed by atoms with Gasteiger partial charge in [0, 0.05) is 38.3 Å². The van der Waals surface area contributed by atoms with Crippen LogP contribution >= 0.6 is 0 Å². The van der Waals surface area contributed by atoms with Crippen molar-refractivity contribution in [1.29, 1.82) is 0 Å². The Balaban J connectivity index is 0.978. The van der Waals surface area contributed by atoms with E-state index in [-0.39, 0.29) is 36.2 Å². The molecule has 0 unspecified atom stereocenters. The highest BCUT2D eigenvalue weighted by Crippen LogP contribution is 2.30. The Morgan fingerprint density at radius 3 is 2.18 bits per heavy atom. The molecule has 1 saturated carbocycles. The standard InChI is InChI=1S/C44H52FN5O6/c1-44(2,3)56-42(52)48-37-19-17-36(18-20-37)47-40(51)39-28-35(45)29-46-41(39)55-38-16-8-15-34(27-38)33-14-7-12-31(26-33)13-9-21-49-22-24-50(25-23-49)43(53)54-30-32-10-5-4-6-11-32/h4-8,10-12,14-16,26-29,36-37H,9,13,17-25,30H2,1-3H3,(H,47,51)(H,48,52)/t36-,37-. The van der Waals surface area contributed by atoms with E-state index in [1.54, 1.807) is 11.0 Å². The van der Waals surface area contributed by atoms with Crippen molar-refractivity contribution in [2.75, 3.05) is 32.7 Å². The molecule has 2 heterocycles. The number of benzene rings is 3. The zero-order valence-electron chi connectivity index (χ0n) is 32.5. The molecule has 2 N–H and O–H groups in total. The maximum atomic E-state index is 14.4. The average Bonchev–Trinajstić information content (AvgIpc) is 3.18. The van der Waals surface area contributed by atoms with Crippen molar-refractivity contribution in [3.8, 4) is 22.8 Å². The van der Waals surface area contributed by atoms with Crippen LogP contribution in [-0.2, 0) is 22.5 Å². The number of pyridine rings is 1. The largest absolute Gasteiger partial charge is 0.445 e. The van der Waals surface area contributed by atoms with Crippen molar-refractivity contribution in [3.05, 3.63) is 114 Å². The predicted octanol–water partition coefficient (Wildman–Crippen LogP) is 8.13. The van der Waals surface area contributed by atoms with E-state index in [1.165, 1.54) is 5.56 Å². The van der Waals surface area contributed by atoms with Crippen LogP contribution in [0.1, 0.15) is 74.4 Å². The van der Waals surface area contributed by atoms with E-state index < -0.39 is 23.4 Å². The second kappa shape index (κ2) is 18.9. The number of ether oxygens (including phenoxy) is 3. The summed E-state index contributed by atoms with van der Waals surface area (Å²) < 4.78 is 31.4. The lowest BCUT2D eigenvalue weighted by molar-refractivity contribution is 0.0487. The van der Waals surface area contributed by atoms with Gasteiger partial charge in [0.15, 0.2) is 0 Å². The summed E-state index contributed by atoms with van der Waals surface area (Å²) in [7, 11) is 0. The number of piperazine rings is 1. The Hall–Kier alpha value is -5.49. The first-order valence-electron chi connectivity index (χ1n) is 19.5. The highest BCUT2D eigenvalue weighted by molar-refractivity contribution is 5.96. The average molecular weight is 766 g/mol. The Kier molecular flexibility index (Phi) is 13.6. The van der Waals surface area contributed by atoms with E-state index in [0.29, 0.717) is 44.5 Å². The molecular weight excluding hydrogens is 714 g/mol. The molecular formula is C44H52FN5O6. The van der Waals surface area contributed by atoms with Crippen LogP contribution in [0.3, 0.4) is 0 Å². The van der Waals surface area contributed by atoms with Crippen molar-refractivity contribution in [2.45, 2.75) is 83.6 Å². The summed E-state index contributed by atoms with van der Waals surface area (Å²) in [4.78, 5) is 46.4. The Morgan fingerprint density at radius 1 is 0.804 bits per heavy atom. The number of carbonyl (C=O) groups is 3. The van der Waals surface area contributed by atoms with Crippen LogP contribution in [0.4, 0.5) is 14.0 Å². The molecule has 0 atom stereocenters. The number of halogens is 1. The quantitative estimate of drug-likeness (QED) is 0.148. The van der Waals surface area contributed by atoms with Gasteiger partial charge < -0.3 is 29.7 Å². The fourth-order valence-corrected chi connectivity index (χ4v) is 7.02. The van der Waals surface area contributed by atoms with Crippen LogP contribution in [0.25, 0.3) is 11.1 Å². The third-order valence-corrected chi connectivity index (χ3v) is 9.93. The molecule has 6 rings (SSSR count). The zero-order chi connectivity index (χ0) is 39.5. The van der Waals surface area contributed by atoms with E-state index in [2.05, 4.69) is 32.7 Å². The SMILES string of the molecule is CC(C)(C)OC(=O)N[C@H]1CC[C@H](NC(=O)c2cc(F)cnc2Oc2cccc(-c3cccc(CCCN4CCN(C(=O)OCc5ccccc5)CC4)c3)c2)CC1. The van der Waals surface area contributed by atoms with Crippen LogP contribution in [-0.4, -0.2) is 83.3 Å². The van der Waals surface area contributed by atoms with Crippen molar-refractivity contribution in [2.24, 2.45) is 0 Å². The van der Waals surface area contributed by atoms with Crippen molar-refractivity contribution in [1.82, 2.24) is 25.4 Å². The highest BCUT2D eigenvalue weighted by atomic mass is 19.1. The number of nitrogens with zero attached hydrogens (tertiary/aromatic N) is 3. The van der Waals surface area contributed by atoms with Gasteiger partial charge in [-0.2, -0.15) is 0 Å². The van der Waals surface area contributed by atoms with Crippen molar-refractivity contribution in [3.63, 3.8) is 0 Å². The fourth-order valence-electron chi connectivity index (χ4n) is 7.02. The van der Waals surface area contributed by atoms with E-state index in [4.69, 9.17) is 14.2 Å². The number of aromatic nitrogens is 1. The fraction of sp³-hybridized carbons (Fsp3) is 0.409. The van der Waals surface area contributed by atoms with Gasteiger partial charge in [-0.25, -0.2) is 19.0 Å². The van der Waals surface area contributed by atoms with Gasteiger partial charge in [0.1, 0.15) is 29.3 Å². The number of rotatable bonds is 12. The van der Waals surface area contributed by atoms with Crippen LogP contribution in [0.2, 0.25) is 0 Å². The molecule has 1 aliphatic heterocycles. The van der Waals surface area contributed by atoms with Gasteiger partial charge in [-0.05, 0) is 106 Å². The van der Waals surface area contributed by atoms with Crippen molar-refractivity contribution < 1.29 is 33.0 Å². The minimum atomic E-state index is -0.639. The summed E-state index contributed by atoms with van der Waals surface area (Å²) in [5.74, 6) is -0.625. The number of alkyl carbamates (subject to hydrolysis) is 1. The molecule has 1 aromatic heterocycles. The maximum absolute atomic E-state index is 14.4. The van der Waals surface area contributed by atoms with Gasteiger partial charge in [-0.1, -0.05) is 66.7 Å². The molecule has 3 aromatic carbocycles. The molecule has 0 spiro atoms. The first-order valence-corrected chi connectivity index (χ1v) is 19.5. The first kappa shape index (κ1) is 40.2. The number of carbonyl (C=O) groups excluding carboxylic acids is 3.